The van der Waals surface area contributed by atoms with Crippen LogP contribution in [0.15, 0.2) is 49.2 Å². The first-order chi connectivity index (χ1) is 11.6. The van der Waals surface area contributed by atoms with E-state index in [0.717, 1.165) is 0 Å². The van der Waals surface area contributed by atoms with Crippen LogP contribution in [0.1, 0.15) is 23.7 Å². The number of rotatable bonds is 4. The first-order valence-corrected chi connectivity index (χ1v) is 8.29. The molecule has 2 aromatic rings. The first-order valence-electron chi connectivity index (χ1n) is 7.91. The second-order valence-corrected chi connectivity index (χ2v) is 6.11. The molecule has 1 aromatic heterocycles. The summed E-state index contributed by atoms with van der Waals surface area (Å²) in [5, 5.41) is 0.567. The number of hydrogen-bond donors (Lipinski definition) is 0. The second kappa shape index (κ2) is 7.05. The Morgan fingerprint density at radius 3 is 2.75 bits per heavy atom. The molecule has 1 aliphatic rings. The molecule has 0 radical (unpaired) electrons. The Morgan fingerprint density at radius 1 is 1.33 bits per heavy atom. The van der Waals surface area contributed by atoms with E-state index < -0.39 is 6.04 Å². The van der Waals surface area contributed by atoms with E-state index in [1.807, 2.05) is 30.0 Å². The van der Waals surface area contributed by atoms with Crippen LogP contribution in [0.3, 0.4) is 0 Å². The summed E-state index contributed by atoms with van der Waals surface area (Å²) in [6.45, 7) is 6.93. The summed E-state index contributed by atoms with van der Waals surface area (Å²) < 4.78 is 5.27. The third-order valence-electron chi connectivity index (χ3n) is 4.18. The van der Waals surface area contributed by atoms with E-state index in [2.05, 4.69) is 23.7 Å². The van der Waals surface area contributed by atoms with Gasteiger partial charge in [0.05, 0.1) is 23.0 Å². The molecule has 4 nitrogen and oxygen atoms in total. The van der Waals surface area contributed by atoms with Crippen LogP contribution in [-0.4, -0.2) is 28.5 Å². The van der Waals surface area contributed by atoms with E-state index >= 15 is 0 Å². The van der Waals surface area contributed by atoms with E-state index in [-0.39, 0.29) is 5.97 Å². The van der Waals surface area contributed by atoms with Crippen molar-refractivity contribution in [1.29, 1.82) is 0 Å². The second-order valence-electron chi connectivity index (χ2n) is 5.68. The number of aromatic nitrogens is 1. The Kier molecular flexibility index (Phi) is 4.86. The number of esters is 1. The number of pyridine rings is 1. The lowest BCUT2D eigenvalue weighted by Gasteiger charge is -2.37. The van der Waals surface area contributed by atoms with Crippen molar-refractivity contribution < 1.29 is 9.53 Å². The van der Waals surface area contributed by atoms with Crippen LogP contribution in [0.2, 0.25) is 5.02 Å². The Labute approximate surface area is 146 Å². The maximum absolute atomic E-state index is 12.5. The molecule has 1 aliphatic heterocycles. The molecule has 0 bridgehead atoms. The van der Waals surface area contributed by atoms with Gasteiger partial charge in [-0.25, -0.2) is 4.79 Å². The van der Waals surface area contributed by atoms with E-state index in [4.69, 9.17) is 16.3 Å². The minimum Gasteiger partial charge on any atom is -0.464 e. The van der Waals surface area contributed by atoms with Crippen LogP contribution in [0, 0.1) is 0 Å². The third kappa shape index (κ3) is 3.29. The van der Waals surface area contributed by atoms with Gasteiger partial charge in [-0.15, -0.1) is 0 Å². The minimum absolute atomic E-state index is 0.234. The van der Waals surface area contributed by atoms with Gasteiger partial charge in [-0.3, -0.25) is 4.98 Å². The van der Waals surface area contributed by atoms with Crippen molar-refractivity contribution in [3.8, 4) is 0 Å². The molecule has 0 spiro atoms. The van der Waals surface area contributed by atoms with Crippen LogP contribution in [0.5, 0.6) is 0 Å². The van der Waals surface area contributed by atoms with Crippen LogP contribution in [-0.2, 0) is 22.5 Å². The number of hydrogen-bond acceptors (Lipinski definition) is 4. The van der Waals surface area contributed by atoms with Crippen molar-refractivity contribution in [2.75, 3.05) is 6.61 Å². The van der Waals surface area contributed by atoms with Crippen LogP contribution >= 0.6 is 11.6 Å². The summed E-state index contributed by atoms with van der Waals surface area (Å²) >= 11 is 5.91. The van der Waals surface area contributed by atoms with Gasteiger partial charge in [-0.05, 0) is 30.2 Å². The van der Waals surface area contributed by atoms with Gasteiger partial charge in [0.25, 0.3) is 0 Å². The first kappa shape index (κ1) is 16.5. The zero-order chi connectivity index (χ0) is 17.1. The topological polar surface area (TPSA) is 42.4 Å². The van der Waals surface area contributed by atoms with Crippen LogP contribution in [0.25, 0.3) is 5.70 Å². The molecule has 124 valence electrons. The molecule has 0 amide bonds. The lowest BCUT2D eigenvalue weighted by Crippen LogP contribution is -2.45. The smallest absolute Gasteiger partial charge is 0.329 e. The van der Waals surface area contributed by atoms with Crippen molar-refractivity contribution in [2.45, 2.75) is 25.9 Å². The largest absolute Gasteiger partial charge is 0.464 e. The molecule has 3 rings (SSSR count). The van der Waals surface area contributed by atoms with E-state index in [0.29, 0.717) is 36.0 Å². The molecule has 0 fully saturated rings. The normalized spacial score (nSPS) is 16.4. The third-order valence-corrected chi connectivity index (χ3v) is 4.40. The van der Waals surface area contributed by atoms with Crippen LogP contribution in [0.4, 0.5) is 0 Å². The lowest BCUT2D eigenvalue weighted by molar-refractivity contribution is -0.148. The fraction of sp³-hybridized carbons (Fsp3) is 0.263. The number of fused-ring (bicyclic) bond motifs is 1. The molecule has 1 aromatic carbocycles. The highest BCUT2D eigenvalue weighted by atomic mass is 35.5. The van der Waals surface area contributed by atoms with Gasteiger partial charge in [0.1, 0.15) is 6.04 Å². The fourth-order valence-corrected chi connectivity index (χ4v) is 3.06. The molecule has 5 heteroatoms. The van der Waals surface area contributed by atoms with Gasteiger partial charge in [0.15, 0.2) is 0 Å². The summed E-state index contributed by atoms with van der Waals surface area (Å²) in [7, 11) is 0. The average Bonchev–Trinajstić information content (AvgIpc) is 2.61. The SMILES string of the molecule is C=C(c1ccc(Cl)cn1)N1Cc2ccccc2CC1C(=O)OCC. The van der Waals surface area contributed by atoms with E-state index in [1.165, 1.54) is 11.1 Å². The number of carbonyl (C=O) groups is 1. The Bertz CT molecular complexity index is 758. The standard InChI is InChI=1S/C19H19ClN2O2/c1-3-24-19(23)18-10-14-6-4-5-7-15(14)12-22(18)13(2)17-9-8-16(20)11-21-17/h4-9,11,18H,2-3,10,12H2,1H3. The Hall–Kier alpha value is -2.33. The molecular weight excluding hydrogens is 324 g/mol. The fourth-order valence-electron chi connectivity index (χ4n) is 2.95. The Balaban J connectivity index is 1.94. The highest BCUT2D eigenvalue weighted by Gasteiger charge is 2.33. The quantitative estimate of drug-likeness (QED) is 0.795. The number of ether oxygens (including phenoxy) is 1. The predicted octanol–water partition coefficient (Wildman–Crippen LogP) is 3.70. The predicted molar refractivity (Wildman–Crippen MR) is 94.4 cm³/mol. The number of carbonyl (C=O) groups excluding carboxylic acids is 1. The lowest BCUT2D eigenvalue weighted by atomic mass is 9.93. The van der Waals surface area contributed by atoms with Crippen molar-refractivity contribution in [2.24, 2.45) is 0 Å². The number of nitrogens with zero attached hydrogens (tertiary/aromatic N) is 2. The zero-order valence-electron chi connectivity index (χ0n) is 13.5. The average molecular weight is 343 g/mol. The summed E-state index contributed by atoms with van der Waals surface area (Å²) in [5.41, 5.74) is 3.75. The summed E-state index contributed by atoms with van der Waals surface area (Å²) in [4.78, 5) is 18.8. The van der Waals surface area contributed by atoms with Gasteiger partial charge in [0.2, 0.25) is 0 Å². The highest BCUT2D eigenvalue weighted by Crippen LogP contribution is 2.30. The van der Waals surface area contributed by atoms with E-state index in [1.54, 1.807) is 12.3 Å². The van der Waals surface area contributed by atoms with Gasteiger partial charge < -0.3 is 9.64 Å². The molecule has 0 aliphatic carbocycles. The zero-order valence-corrected chi connectivity index (χ0v) is 14.3. The van der Waals surface area contributed by atoms with Crippen molar-refractivity contribution in [3.05, 3.63) is 71.0 Å². The van der Waals surface area contributed by atoms with Crippen molar-refractivity contribution in [3.63, 3.8) is 0 Å². The number of halogens is 1. The maximum Gasteiger partial charge on any atom is 0.329 e. The Morgan fingerprint density at radius 2 is 2.08 bits per heavy atom. The number of benzene rings is 1. The van der Waals surface area contributed by atoms with Crippen molar-refractivity contribution >= 4 is 23.3 Å². The maximum atomic E-state index is 12.5. The molecule has 2 heterocycles. The monoisotopic (exact) mass is 342 g/mol. The molecule has 1 atom stereocenters. The molecule has 0 saturated carbocycles. The summed E-state index contributed by atoms with van der Waals surface area (Å²) in [6, 6.07) is 11.3. The van der Waals surface area contributed by atoms with Gasteiger partial charge in [0, 0.05) is 19.2 Å². The summed E-state index contributed by atoms with van der Waals surface area (Å²) in [6.07, 6.45) is 2.18. The highest BCUT2D eigenvalue weighted by molar-refractivity contribution is 6.30. The van der Waals surface area contributed by atoms with Gasteiger partial charge >= 0.3 is 5.97 Å². The van der Waals surface area contributed by atoms with E-state index in [9.17, 15) is 4.79 Å². The molecule has 0 N–H and O–H groups in total. The molecule has 1 unspecified atom stereocenters. The van der Waals surface area contributed by atoms with Gasteiger partial charge in [-0.1, -0.05) is 42.4 Å². The summed E-state index contributed by atoms with van der Waals surface area (Å²) in [5.74, 6) is -0.234. The molecule has 24 heavy (non-hydrogen) atoms. The molecule has 0 saturated heterocycles. The van der Waals surface area contributed by atoms with Gasteiger partial charge in [-0.2, -0.15) is 0 Å². The molecular formula is C19H19ClN2O2. The minimum atomic E-state index is -0.398. The van der Waals surface area contributed by atoms with Crippen molar-refractivity contribution in [1.82, 2.24) is 9.88 Å². The van der Waals surface area contributed by atoms with Crippen LogP contribution < -0.4 is 0 Å².